The van der Waals surface area contributed by atoms with Gasteiger partial charge in [0.1, 0.15) is 18.5 Å². The van der Waals surface area contributed by atoms with Crippen LogP contribution in [0.15, 0.2) is 78.9 Å². The van der Waals surface area contributed by atoms with E-state index in [9.17, 15) is 8.42 Å². The van der Waals surface area contributed by atoms with E-state index in [0.717, 1.165) is 11.1 Å². The Labute approximate surface area is 190 Å². The molecule has 0 aromatic heterocycles. The molecule has 32 heavy (non-hydrogen) atoms. The van der Waals surface area contributed by atoms with Crippen molar-refractivity contribution in [2.24, 2.45) is 0 Å². The van der Waals surface area contributed by atoms with Gasteiger partial charge in [0.15, 0.2) is 0 Å². The Hall–Kier alpha value is -2.83. The first kappa shape index (κ1) is 22.4. The van der Waals surface area contributed by atoms with Crippen molar-refractivity contribution in [3.8, 4) is 5.75 Å². The van der Waals surface area contributed by atoms with Crippen LogP contribution in [0, 0.1) is 0 Å². The summed E-state index contributed by atoms with van der Waals surface area (Å²) in [5.74, 6) is 0.419. The highest BCUT2D eigenvalue weighted by Gasteiger charge is 2.30. The molecule has 0 spiro atoms. The molecule has 1 aliphatic heterocycles. The van der Waals surface area contributed by atoms with E-state index >= 15 is 0 Å². The second-order valence-electron chi connectivity index (χ2n) is 9.04. The second kappa shape index (κ2) is 8.96. The van der Waals surface area contributed by atoms with Crippen molar-refractivity contribution in [2.75, 3.05) is 17.5 Å². The lowest BCUT2D eigenvalue weighted by Crippen LogP contribution is -2.28. The van der Waals surface area contributed by atoms with Crippen molar-refractivity contribution >= 4 is 21.4 Å². The van der Waals surface area contributed by atoms with E-state index in [4.69, 9.17) is 9.47 Å². The number of anilines is 2. The summed E-state index contributed by atoms with van der Waals surface area (Å²) in [6.45, 7) is 7.43. The van der Waals surface area contributed by atoms with Crippen LogP contribution in [0.4, 0.5) is 11.4 Å². The lowest BCUT2D eigenvalue weighted by Gasteiger charge is -2.28. The molecular weight excluding hydrogens is 422 g/mol. The fourth-order valence-corrected chi connectivity index (χ4v) is 5.11. The Bertz CT molecular complexity index is 1150. The number of sulfonamides is 1. The van der Waals surface area contributed by atoms with Crippen LogP contribution in [0.25, 0.3) is 0 Å². The fourth-order valence-electron chi connectivity index (χ4n) is 3.47. The third kappa shape index (κ3) is 5.31. The Morgan fingerprint density at radius 1 is 0.969 bits per heavy atom. The Balaban J connectivity index is 1.81. The molecule has 1 aliphatic rings. The molecule has 1 atom stereocenters. The van der Waals surface area contributed by atoms with Gasteiger partial charge in [0.05, 0.1) is 23.7 Å². The molecule has 5 nitrogen and oxygen atoms in total. The number of hydrogen-bond donors (Lipinski definition) is 0. The highest BCUT2D eigenvalue weighted by molar-refractivity contribution is 7.92. The molecule has 0 N–H and O–H groups in total. The van der Waals surface area contributed by atoms with Crippen LogP contribution in [-0.4, -0.2) is 27.7 Å². The molecule has 1 fully saturated rings. The van der Waals surface area contributed by atoms with Gasteiger partial charge in [-0.1, -0.05) is 75.4 Å². The Morgan fingerprint density at radius 3 is 2.19 bits per heavy atom. The van der Waals surface area contributed by atoms with Gasteiger partial charge in [0, 0.05) is 0 Å². The lowest BCUT2D eigenvalue weighted by atomic mass is 9.87. The van der Waals surface area contributed by atoms with Crippen LogP contribution >= 0.6 is 0 Å². The van der Waals surface area contributed by atoms with Gasteiger partial charge in [0.2, 0.25) is 10.0 Å². The van der Waals surface area contributed by atoms with Crippen LogP contribution in [0.5, 0.6) is 5.75 Å². The van der Waals surface area contributed by atoms with Gasteiger partial charge in [-0.05, 0) is 40.8 Å². The summed E-state index contributed by atoms with van der Waals surface area (Å²) in [5, 5.41) is 0. The van der Waals surface area contributed by atoms with Crippen molar-refractivity contribution in [3.63, 3.8) is 0 Å². The summed E-state index contributed by atoms with van der Waals surface area (Å²) in [6.07, 6.45) is 0.0623. The van der Waals surface area contributed by atoms with Gasteiger partial charge in [-0.25, -0.2) is 12.7 Å². The average Bonchev–Trinajstić information content (AvgIpc) is 3.58. The van der Waals surface area contributed by atoms with Crippen LogP contribution in [0.1, 0.15) is 31.9 Å². The molecule has 168 valence electrons. The van der Waals surface area contributed by atoms with Gasteiger partial charge >= 0.3 is 0 Å². The van der Waals surface area contributed by atoms with Gasteiger partial charge in [-0.2, -0.15) is 0 Å². The summed E-state index contributed by atoms with van der Waals surface area (Å²) >= 11 is 0. The van der Waals surface area contributed by atoms with E-state index in [2.05, 4.69) is 20.8 Å². The van der Waals surface area contributed by atoms with E-state index in [1.54, 1.807) is 12.1 Å². The maximum Gasteiger partial charge on any atom is 0.243 e. The maximum atomic E-state index is 13.7. The molecule has 0 bridgehead atoms. The predicted molar refractivity (Wildman–Crippen MR) is 128 cm³/mol. The quantitative estimate of drug-likeness (QED) is 0.429. The number of ether oxygens (including phenoxy) is 2. The minimum Gasteiger partial charge on any atom is -0.489 e. The average molecular weight is 452 g/mol. The molecule has 3 aromatic rings. The van der Waals surface area contributed by atoms with Crippen LogP contribution < -0.4 is 9.04 Å². The number of benzene rings is 3. The van der Waals surface area contributed by atoms with Gasteiger partial charge < -0.3 is 9.47 Å². The summed E-state index contributed by atoms with van der Waals surface area (Å²) in [4.78, 5) is 0. The zero-order chi connectivity index (χ0) is 22.8. The van der Waals surface area contributed by atoms with Crippen molar-refractivity contribution in [1.82, 2.24) is 0 Å². The van der Waals surface area contributed by atoms with Crippen molar-refractivity contribution in [3.05, 3.63) is 90.0 Å². The van der Waals surface area contributed by atoms with Crippen molar-refractivity contribution in [1.29, 1.82) is 0 Å². The first-order valence-corrected chi connectivity index (χ1v) is 12.4. The minimum absolute atomic E-state index is 0.0623. The Kier molecular flexibility index (Phi) is 6.26. The van der Waals surface area contributed by atoms with Gasteiger partial charge in [0.25, 0.3) is 0 Å². The highest BCUT2D eigenvalue weighted by Crippen LogP contribution is 2.40. The zero-order valence-corrected chi connectivity index (χ0v) is 19.5. The largest absolute Gasteiger partial charge is 0.489 e. The summed E-state index contributed by atoms with van der Waals surface area (Å²) < 4.78 is 40.3. The van der Waals surface area contributed by atoms with E-state index in [0.29, 0.717) is 30.3 Å². The van der Waals surface area contributed by atoms with E-state index in [1.807, 2.05) is 66.7 Å². The molecular formula is C26H29NO4S. The molecule has 1 unspecified atom stereocenters. The SMILES string of the molecule is CC(C)(C)c1ccc(N(c2ccccc2)S(=O)(=O)Cc2ccccc2)c(OCC2CO2)c1. The minimum atomic E-state index is -3.75. The molecule has 4 rings (SSSR count). The molecule has 6 heteroatoms. The standard InChI is InChI=1S/C26H29NO4S/c1-26(2,3)21-14-15-24(25(16-21)31-18-23-17-30-23)27(22-12-8-5-9-13-22)32(28,29)19-20-10-6-4-7-11-20/h4-16,23H,17-19H2,1-3H3. The first-order valence-electron chi connectivity index (χ1n) is 10.7. The third-order valence-electron chi connectivity index (χ3n) is 5.33. The van der Waals surface area contributed by atoms with Crippen LogP contribution in [-0.2, 0) is 25.9 Å². The van der Waals surface area contributed by atoms with E-state index < -0.39 is 10.0 Å². The Morgan fingerprint density at radius 2 is 1.59 bits per heavy atom. The molecule has 0 amide bonds. The summed E-state index contributed by atoms with van der Waals surface area (Å²) in [6, 6.07) is 24.1. The number of hydrogen-bond acceptors (Lipinski definition) is 4. The third-order valence-corrected chi connectivity index (χ3v) is 6.99. The zero-order valence-electron chi connectivity index (χ0n) is 18.7. The highest BCUT2D eigenvalue weighted by atomic mass is 32.2. The predicted octanol–water partition coefficient (Wildman–Crippen LogP) is 5.43. The second-order valence-corrected chi connectivity index (χ2v) is 10.9. The topological polar surface area (TPSA) is 59.1 Å². The smallest absolute Gasteiger partial charge is 0.243 e. The van der Waals surface area contributed by atoms with Gasteiger partial charge in [-0.3, -0.25) is 0 Å². The molecule has 0 radical (unpaired) electrons. The van der Waals surface area contributed by atoms with Crippen molar-refractivity contribution in [2.45, 2.75) is 38.0 Å². The summed E-state index contributed by atoms with van der Waals surface area (Å²) in [5.41, 5.74) is 2.77. The molecule has 1 heterocycles. The molecule has 0 aliphatic carbocycles. The molecule has 1 saturated heterocycles. The lowest BCUT2D eigenvalue weighted by molar-refractivity contribution is 0.263. The first-order chi connectivity index (χ1) is 15.2. The fraction of sp³-hybridized carbons (Fsp3) is 0.308. The van der Waals surface area contributed by atoms with Crippen molar-refractivity contribution < 1.29 is 17.9 Å². The molecule has 3 aromatic carbocycles. The monoisotopic (exact) mass is 451 g/mol. The molecule has 0 saturated carbocycles. The number of epoxide rings is 1. The summed E-state index contributed by atoms with van der Waals surface area (Å²) in [7, 11) is -3.75. The maximum absolute atomic E-state index is 13.7. The number of para-hydroxylation sites is 1. The van der Waals surface area contributed by atoms with Crippen LogP contribution in [0.3, 0.4) is 0 Å². The number of nitrogens with zero attached hydrogens (tertiary/aromatic N) is 1. The van der Waals surface area contributed by atoms with E-state index in [1.165, 1.54) is 4.31 Å². The van der Waals surface area contributed by atoms with Crippen LogP contribution in [0.2, 0.25) is 0 Å². The van der Waals surface area contributed by atoms with Gasteiger partial charge in [-0.15, -0.1) is 0 Å². The number of rotatable bonds is 8. The normalized spacial score (nSPS) is 15.9. The van der Waals surface area contributed by atoms with E-state index in [-0.39, 0.29) is 17.3 Å².